The lowest BCUT2D eigenvalue weighted by atomic mass is 9.97. The van der Waals surface area contributed by atoms with E-state index in [2.05, 4.69) is 74.6 Å². The number of nitrogens with zero attached hydrogens (tertiary/aromatic N) is 1. The second-order valence-electron chi connectivity index (χ2n) is 6.17. The number of carbonyl (C=O) groups is 1. The summed E-state index contributed by atoms with van der Waals surface area (Å²) in [5.74, 6) is -0.0331. The van der Waals surface area contributed by atoms with Crippen molar-refractivity contribution >= 4 is 11.6 Å². The van der Waals surface area contributed by atoms with E-state index in [1.807, 2.05) is 6.07 Å². The summed E-state index contributed by atoms with van der Waals surface area (Å²) in [6.45, 7) is 5.85. The van der Waals surface area contributed by atoms with E-state index in [9.17, 15) is 4.79 Å². The quantitative estimate of drug-likeness (QED) is 0.882. The highest BCUT2D eigenvalue weighted by Crippen LogP contribution is 2.28. The van der Waals surface area contributed by atoms with Crippen LogP contribution < -0.4 is 5.32 Å². The molecule has 1 unspecified atom stereocenters. The lowest BCUT2D eigenvalue weighted by Gasteiger charge is -2.21. The Labute approximate surface area is 139 Å². The van der Waals surface area contributed by atoms with Gasteiger partial charge in [0.1, 0.15) is 0 Å². The highest BCUT2D eigenvalue weighted by atomic mass is 16.1. The molecule has 3 nitrogen and oxygen atoms in total. The third kappa shape index (κ3) is 4.20. The topological polar surface area (TPSA) is 32.3 Å². The number of hydrogen-bond acceptors (Lipinski definition) is 2. The van der Waals surface area contributed by atoms with Crippen molar-refractivity contribution in [1.82, 2.24) is 4.90 Å². The standard InChI is InChI=1S/C20H26N2O/c1-6-16-12-19(10-11-20(16)21-15(3)23)18-9-7-8-17(13-18)14(2)22(4)5/h7-14H,6H2,1-5H3,(H,21,23). The van der Waals surface area contributed by atoms with Crippen LogP contribution in [-0.4, -0.2) is 24.9 Å². The Hall–Kier alpha value is -2.13. The van der Waals surface area contributed by atoms with E-state index in [0.717, 1.165) is 17.7 Å². The molecule has 0 spiro atoms. The smallest absolute Gasteiger partial charge is 0.221 e. The van der Waals surface area contributed by atoms with Crippen LogP contribution in [0, 0.1) is 0 Å². The fraction of sp³-hybridized carbons (Fsp3) is 0.350. The van der Waals surface area contributed by atoms with Crippen LogP contribution in [0.1, 0.15) is 37.9 Å². The molecule has 0 aliphatic carbocycles. The summed E-state index contributed by atoms with van der Waals surface area (Å²) in [6.07, 6.45) is 0.886. The molecule has 1 N–H and O–H groups in total. The predicted octanol–water partition coefficient (Wildman–Crippen LogP) is 4.50. The van der Waals surface area contributed by atoms with E-state index >= 15 is 0 Å². The third-order valence-corrected chi connectivity index (χ3v) is 4.27. The second kappa shape index (κ2) is 7.42. The van der Waals surface area contributed by atoms with Gasteiger partial charge in [0.25, 0.3) is 0 Å². The van der Waals surface area contributed by atoms with Crippen molar-refractivity contribution in [3.63, 3.8) is 0 Å². The van der Waals surface area contributed by atoms with Crippen molar-refractivity contribution in [2.24, 2.45) is 0 Å². The lowest BCUT2D eigenvalue weighted by molar-refractivity contribution is -0.114. The van der Waals surface area contributed by atoms with Gasteiger partial charge in [-0.3, -0.25) is 4.79 Å². The van der Waals surface area contributed by atoms with Gasteiger partial charge in [-0.2, -0.15) is 0 Å². The Bertz CT molecular complexity index is 692. The molecular formula is C20H26N2O. The molecule has 0 bridgehead atoms. The van der Waals surface area contributed by atoms with Gasteiger partial charge in [-0.05, 0) is 67.9 Å². The van der Waals surface area contributed by atoms with Crippen LogP contribution in [0.3, 0.4) is 0 Å². The van der Waals surface area contributed by atoms with Gasteiger partial charge in [-0.15, -0.1) is 0 Å². The molecule has 0 aliphatic heterocycles. The zero-order valence-electron chi connectivity index (χ0n) is 14.7. The predicted molar refractivity (Wildman–Crippen MR) is 97.7 cm³/mol. The number of aryl methyl sites for hydroxylation is 1. The zero-order chi connectivity index (χ0) is 17.0. The normalized spacial score (nSPS) is 12.3. The van der Waals surface area contributed by atoms with Crippen LogP contribution in [0.25, 0.3) is 11.1 Å². The van der Waals surface area contributed by atoms with Gasteiger partial charge in [-0.25, -0.2) is 0 Å². The molecule has 1 atom stereocenters. The Morgan fingerprint density at radius 1 is 1.13 bits per heavy atom. The Kier molecular flexibility index (Phi) is 5.56. The highest BCUT2D eigenvalue weighted by molar-refractivity contribution is 5.90. The minimum absolute atomic E-state index is 0.0331. The van der Waals surface area contributed by atoms with Gasteiger partial charge in [0.05, 0.1) is 0 Å². The molecule has 2 aromatic carbocycles. The molecular weight excluding hydrogens is 284 g/mol. The largest absolute Gasteiger partial charge is 0.326 e. The SMILES string of the molecule is CCc1cc(-c2cccc(C(C)N(C)C)c2)ccc1NC(C)=O. The molecule has 0 aromatic heterocycles. The van der Waals surface area contributed by atoms with Crippen molar-refractivity contribution in [2.45, 2.75) is 33.2 Å². The minimum Gasteiger partial charge on any atom is -0.326 e. The van der Waals surface area contributed by atoms with Crippen LogP contribution in [0.5, 0.6) is 0 Å². The van der Waals surface area contributed by atoms with Gasteiger partial charge in [0.2, 0.25) is 5.91 Å². The number of carbonyl (C=O) groups excluding carboxylic acids is 1. The molecule has 0 saturated carbocycles. The first kappa shape index (κ1) is 17.2. The molecule has 2 rings (SSSR count). The number of anilines is 1. The van der Waals surface area contributed by atoms with Crippen LogP contribution >= 0.6 is 0 Å². The number of benzene rings is 2. The molecule has 0 fully saturated rings. The molecule has 122 valence electrons. The summed E-state index contributed by atoms with van der Waals surface area (Å²) >= 11 is 0. The first-order chi connectivity index (χ1) is 10.9. The minimum atomic E-state index is -0.0331. The second-order valence-corrected chi connectivity index (χ2v) is 6.17. The zero-order valence-corrected chi connectivity index (χ0v) is 14.7. The number of amides is 1. The number of rotatable bonds is 5. The fourth-order valence-corrected chi connectivity index (χ4v) is 2.65. The maximum absolute atomic E-state index is 11.3. The average Bonchev–Trinajstić information content (AvgIpc) is 2.54. The number of nitrogens with one attached hydrogen (secondary N) is 1. The Morgan fingerprint density at radius 2 is 1.83 bits per heavy atom. The summed E-state index contributed by atoms with van der Waals surface area (Å²) in [7, 11) is 4.18. The highest BCUT2D eigenvalue weighted by Gasteiger charge is 2.10. The molecule has 2 aromatic rings. The summed E-state index contributed by atoms with van der Waals surface area (Å²) in [6, 6.07) is 15.3. The molecule has 3 heteroatoms. The Morgan fingerprint density at radius 3 is 2.43 bits per heavy atom. The maximum atomic E-state index is 11.3. The van der Waals surface area contributed by atoms with Gasteiger partial charge in [0.15, 0.2) is 0 Å². The molecule has 23 heavy (non-hydrogen) atoms. The van der Waals surface area contributed by atoms with E-state index < -0.39 is 0 Å². The fourth-order valence-electron chi connectivity index (χ4n) is 2.65. The van der Waals surface area contributed by atoms with E-state index in [1.54, 1.807) is 6.92 Å². The van der Waals surface area contributed by atoms with Crippen molar-refractivity contribution in [1.29, 1.82) is 0 Å². The first-order valence-electron chi connectivity index (χ1n) is 8.09. The monoisotopic (exact) mass is 310 g/mol. The van der Waals surface area contributed by atoms with Gasteiger partial charge >= 0.3 is 0 Å². The maximum Gasteiger partial charge on any atom is 0.221 e. The molecule has 0 heterocycles. The van der Waals surface area contributed by atoms with E-state index in [-0.39, 0.29) is 5.91 Å². The molecule has 0 saturated heterocycles. The summed E-state index contributed by atoms with van der Waals surface area (Å²) in [4.78, 5) is 13.5. The summed E-state index contributed by atoms with van der Waals surface area (Å²) in [5.41, 5.74) is 5.76. The average molecular weight is 310 g/mol. The van der Waals surface area contributed by atoms with Crippen molar-refractivity contribution in [3.8, 4) is 11.1 Å². The first-order valence-corrected chi connectivity index (χ1v) is 8.09. The lowest BCUT2D eigenvalue weighted by Crippen LogP contribution is -2.16. The molecule has 0 radical (unpaired) electrons. The van der Waals surface area contributed by atoms with Crippen LogP contribution in [0.4, 0.5) is 5.69 Å². The van der Waals surface area contributed by atoms with Gasteiger partial charge in [-0.1, -0.05) is 31.2 Å². The Balaban J connectivity index is 2.38. The third-order valence-electron chi connectivity index (χ3n) is 4.27. The van der Waals surface area contributed by atoms with Crippen molar-refractivity contribution in [2.75, 3.05) is 19.4 Å². The van der Waals surface area contributed by atoms with E-state index in [1.165, 1.54) is 16.7 Å². The van der Waals surface area contributed by atoms with Crippen molar-refractivity contribution < 1.29 is 4.79 Å². The summed E-state index contributed by atoms with van der Waals surface area (Å²) < 4.78 is 0. The van der Waals surface area contributed by atoms with Gasteiger partial charge < -0.3 is 10.2 Å². The van der Waals surface area contributed by atoms with Gasteiger partial charge in [0, 0.05) is 18.7 Å². The van der Waals surface area contributed by atoms with Crippen molar-refractivity contribution in [3.05, 3.63) is 53.6 Å². The number of hydrogen-bond donors (Lipinski definition) is 1. The molecule has 0 aliphatic rings. The van der Waals surface area contributed by atoms with Crippen LogP contribution in [-0.2, 0) is 11.2 Å². The molecule has 1 amide bonds. The van der Waals surface area contributed by atoms with Crippen LogP contribution in [0.15, 0.2) is 42.5 Å². The van der Waals surface area contributed by atoms with Crippen LogP contribution in [0.2, 0.25) is 0 Å². The van der Waals surface area contributed by atoms with E-state index in [4.69, 9.17) is 0 Å². The summed E-state index contributed by atoms with van der Waals surface area (Å²) in [5, 5.41) is 2.90. The van der Waals surface area contributed by atoms with E-state index in [0.29, 0.717) is 6.04 Å².